The molecule has 0 aliphatic rings. The summed E-state index contributed by atoms with van der Waals surface area (Å²) in [5, 5.41) is 4.75. The zero-order valence-electron chi connectivity index (χ0n) is 8.00. The number of halogens is 1. The maximum absolute atomic E-state index is 3.66. The third-order valence-electron chi connectivity index (χ3n) is 2.60. The van der Waals surface area contributed by atoms with Crippen molar-refractivity contribution in [3.63, 3.8) is 0 Å². The Hall–Kier alpha value is -1.34. The van der Waals surface area contributed by atoms with E-state index in [4.69, 9.17) is 0 Å². The molecule has 1 heteroatoms. The normalized spacial score (nSPS) is 11.0. The van der Waals surface area contributed by atoms with Gasteiger partial charge in [-0.2, -0.15) is 0 Å². The molecule has 0 fully saturated rings. The average Bonchev–Trinajstić information content (AvgIpc) is 2.30. The molecular formula is C14H8Br. The number of hydrogen-bond acceptors (Lipinski definition) is 0. The van der Waals surface area contributed by atoms with E-state index in [1.807, 2.05) is 12.1 Å². The minimum absolute atomic E-state index is 1.16. The summed E-state index contributed by atoms with van der Waals surface area (Å²) in [6.07, 6.45) is 0. The Bertz CT molecular complexity index is 587. The van der Waals surface area contributed by atoms with E-state index >= 15 is 0 Å². The van der Waals surface area contributed by atoms with Crippen LogP contribution < -0.4 is 0 Å². The van der Waals surface area contributed by atoms with Crippen molar-refractivity contribution in [1.82, 2.24) is 0 Å². The fourth-order valence-electron chi connectivity index (χ4n) is 1.86. The highest BCUT2D eigenvalue weighted by molar-refractivity contribution is 9.10. The topological polar surface area (TPSA) is 0 Å². The zero-order valence-corrected chi connectivity index (χ0v) is 9.58. The zero-order chi connectivity index (χ0) is 10.3. The number of rotatable bonds is 0. The van der Waals surface area contributed by atoms with Crippen LogP contribution in [-0.4, -0.2) is 0 Å². The van der Waals surface area contributed by atoms with Crippen LogP contribution in [0.1, 0.15) is 0 Å². The smallest absolute Gasteiger partial charge is 0.0332 e. The maximum Gasteiger partial charge on any atom is 0.0332 e. The summed E-state index contributed by atoms with van der Waals surface area (Å²) < 4.78 is 1.16. The second-order valence-corrected chi connectivity index (χ2v) is 4.32. The van der Waals surface area contributed by atoms with Crippen LogP contribution in [0.2, 0.25) is 0 Å². The predicted molar refractivity (Wildman–Crippen MR) is 68.0 cm³/mol. The first-order chi connectivity index (χ1) is 7.36. The predicted octanol–water partition coefficient (Wildman–Crippen LogP) is 4.56. The van der Waals surface area contributed by atoms with Crippen molar-refractivity contribution in [2.24, 2.45) is 0 Å². The van der Waals surface area contributed by atoms with Gasteiger partial charge in [-0.15, -0.1) is 0 Å². The summed E-state index contributed by atoms with van der Waals surface area (Å²) >= 11 is 3.66. The molecular weight excluding hydrogens is 248 g/mol. The minimum atomic E-state index is 1.16. The molecule has 0 N–H and O–H groups in total. The van der Waals surface area contributed by atoms with Gasteiger partial charge >= 0.3 is 0 Å². The highest BCUT2D eigenvalue weighted by Gasteiger charge is 2.03. The third kappa shape index (κ3) is 1.35. The highest BCUT2D eigenvalue weighted by atomic mass is 79.9. The van der Waals surface area contributed by atoms with E-state index in [-0.39, 0.29) is 0 Å². The molecule has 15 heavy (non-hydrogen) atoms. The van der Waals surface area contributed by atoms with Crippen LogP contribution in [0.3, 0.4) is 0 Å². The van der Waals surface area contributed by atoms with Gasteiger partial charge in [-0.05, 0) is 43.5 Å². The molecule has 0 aliphatic carbocycles. The lowest BCUT2D eigenvalue weighted by Gasteiger charge is -2.04. The van der Waals surface area contributed by atoms with E-state index in [0.29, 0.717) is 0 Å². The van der Waals surface area contributed by atoms with E-state index in [1.54, 1.807) is 0 Å². The highest BCUT2D eigenvalue weighted by Crippen LogP contribution is 2.31. The molecule has 0 saturated carbocycles. The molecule has 0 heterocycles. The summed E-state index contributed by atoms with van der Waals surface area (Å²) in [7, 11) is 0. The Kier molecular flexibility index (Phi) is 2.00. The summed E-state index contributed by atoms with van der Waals surface area (Å²) in [5.74, 6) is 0. The fraction of sp³-hybridized carbons (Fsp3) is 0. The fourth-order valence-corrected chi connectivity index (χ4v) is 2.55. The van der Waals surface area contributed by atoms with E-state index in [9.17, 15) is 0 Å². The van der Waals surface area contributed by atoms with Crippen molar-refractivity contribution in [3.8, 4) is 0 Å². The third-order valence-corrected chi connectivity index (χ3v) is 3.45. The van der Waals surface area contributed by atoms with Gasteiger partial charge in [0.25, 0.3) is 0 Å². The molecule has 3 aromatic rings. The van der Waals surface area contributed by atoms with Gasteiger partial charge in [-0.1, -0.05) is 48.5 Å². The quantitative estimate of drug-likeness (QED) is 0.517. The number of fused-ring (bicyclic) bond motifs is 2. The van der Waals surface area contributed by atoms with Gasteiger partial charge < -0.3 is 0 Å². The Balaban J connectivity index is 2.60. The van der Waals surface area contributed by atoms with Gasteiger partial charge in [-0.3, -0.25) is 0 Å². The van der Waals surface area contributed by atoms with E-state index < -0.39 is 0 Å². The number of hydrogen-bond donors (Lipinski definition) is 0. The van der Waals surface area contributed by atoms with Crippen molar-refractivity contribution in [2.45, 2.75) is 0 Å². The van der Waals surface area contributed by atoms with Crippen LogP contribution in [-0.2, 0) is 0 Å². The largest absolute Gasteiger partial charge is 0.0616 e. The van der Waals surface area contributed by atoms with Gasteiger partial charge in [0, 0.05) is 4.47 Å². The Morgan fingerprint density at radius 3 is 1.73 bits per heavy atom. The van der Waals surface area contributed by atoms with Crippen molar-refractivity contribution in [1.29, 1.82) is 0 Å². The lowest BCUT2D eigenvalue weighted by atomic mass is 10.0. The standard InChI is InChI=1S/C14H8Br/c15-14-12-7-3-1-5-10(12)9-11-6-2-4-8-13(11)14/h1-8H. The summed E-state index contributed by atoms with van der Waals surface area (Å²) in [5.41, 5.74) is 0. The Morgan fingerprint density at radius 1 is 0.733 bits per heavy atom. The Labute approximate surface area is 96.7 Å². The molecule has 0 spiro atoms. The molecule has 0 amide bonds. The molecule has 1 radical (unpaired) electrons. The molecule has 3 aromatic carbocycles. The van der Waals surface area contributed by atoms with Crippen molar-refractivity contribution in [2.75, 3.05) is 0 Å². The SMILES string of the molecule is Brc1c2ccccc2[c]c2ccccc12. The molecule has 0 atom stereocenters. The van der Waals surface area contributed by atoms with Crippen molar-refractivity contribution >= 4 is 37.5 Å². The number of benzene rings is 3. The molecule has 0 saturated heterocycles. The monoisotopic (exact) mass is 255 g/mol. The van der Waals surface area contributed by atoms with Gasteiger partial charge in [-0.25, -0.2) is 0 Å². The molecule has 0 unspecified atom stereocenters. The van der Waals surface area contributed by atoms with Gasteiger partial charge in [0.15, 0.2) is 0 Å². The first kappa shape index (κ1) is 8.93. The second kappa shape index (κ2) is 3.35. The lowest BCUT2D eigenvalue weighted by Crippen LogP contribution is -1.79. The molecule has 0 aliphatic heterocycles. The van der Waals surface area contributed by atoms with Crippen LogP contribution in [0.4, 0.5) is 0 Å². The molecule has 0 aromatic heterocycles. The van der Waals surface area contributed by atoms with E-state index in [0.717, 1.165) is 15.2 Å². The van der Waals surface area contributed by atoms with Crippen LogP contribution in [0.5, 0.6) is 0 Å². The Morgan fingerprint density at radius 2 is 1.20 bits per heavy atom. The van der Waals surface area contributed by atoms with Gasteiger partial charge in [0.2, 0.25) is 0 Å². The molecule has 71 valence electrons. The second-order valence-electron chi connectivity index (χ2n) is 3.53. The van der Waals surface area contributed by atoms with Crippen LogP contribution in [0.15, 0.2) is 53.0 Å². The van der Waals surface area contributed by atoms with Crippen molar-refractivity contribution in [3.05, 3.63) is 59.1 Å². The summed E-state index contributed by atoms with van der Waals surface area (Å²) in [6, 6.07) is 20.0. The van der Waals surface area contributed by atoms with Crippen molar-refractivity contribution < 1.29 is 0 Å². The summed E-state index contributed by atoms with van der Waals surface area (Å²) in [4.78, 5) is 0. The van der Waals surface area contributed by atoms with Crippen LogP contribution in [0.25, 0.3) is 21.5 Å². The minimum Gasteiger partial charge on any atom is -0.0616 e. The molecule has 3 rings (SSSR count). The first-order valence-electron chi connectivity index (χ1n) is 4.84. The first-order valence-corrected chi connectivity index (χ1v) is 5.64. The maximum atomic E-state index is 3.66. The van der Waals surface area contributed by atoms with E-state index in [2.05, 4.69) is 58.4 Å². The van der Waals surface area contributed by atoms with Crippen LogP contribution >= 0.6 is 15.9 Å². The van der Waals surface area contributed by atoms with Gasteiger partial charge in [0.1, 0.15) is 0 Å². The van der Waals surface area contributed by atoms with Crippen LogP contribution in [0, 0.1) is 6.07 Å². The van der Waals surface area contributed by atoms with Gasteiger partial charge in [0.05, 0.1) is 0 Å². The molecule has 0 bridgehead atoms. The molecule has 0 nitrogen and oxygen atoms in total. The van der Waals surface area contributed by atoms with E-state index in [1.165, 1.54) is 10.8 Å². The average molecular weight is 256 g/mol. The lowest BCUT2D eigenvalue weighted by molar-refractivity contribution is 1.73. The summed E-state index contributed by atoms with van der Waals surface area (Å²) in [6.45, 7) is 0.